The molecule has 2 aliphatic heterocycles. The van der Waals surface area contributed by atoms with Crippen molar-refractivity contribution in [1.82, 2.24) is 10.2 Å². The first kappa shape index (κ1) is 12.6. The van der Waals surface area contributed by atoms with Crippen LogP contribution in [0.15, 0.2) is 24.3 Å². The van der Waals surface area contributed by atoms with Gasteiger partial charge in [0, 0.05) is 26.2 Å². The molecular weight excluding hydrogens is 240 g/mol. The number of nitrogens with one attached hydrogen (secondary N) is 1. The molecule has 1 unspecified atom stereocenters. The van der Waals surface area contributed by atoms with Crippen LogP contribution in [0.3, 0.4) is 0 Å². The standard InChI is InChI=1S/C15H20N2O2/c18-15(14-11-16-7-10-19-14)17-8-5-12-3-1-2-4-13(12)6-9-17/h1-4,14,16H,5-11H2. The van der Waals surface area contributed by atoms with Crippen molar-refractivity contribution in [2.45, 2.75) is 18.9 Å². The highest BCUT2D eigenvalue weighted by molar-refractivity contribution is 5.81. The molecule has 0 aliphatic carbocycles. The van der Waals surface area contributed by atoms with Gasteiger partial charge in [0.05, 0.1) is 6.61 Å². The van der Waals surface area contributed by atoms with Gasteiger partial charge >= 0.3 is 0 Å². The van der Waals surface area contributed by atoms with E-state index in [1.165, 1.54) is 11.1 Å². The van der Waals surface area contributed by atoms with Crippen LogP contribution in [0.5, 0.6) is 0 Å². The Morgan fingerprint density at radius 1 is 1.21 bits per heavy atom. The summed E-state index contributed by atoms with van der Waals surface area (Å²) in [5, 5.41) is 3.22. The molecule has 0 saturated carbocycles. The first-order valence-electron chi connectivity index (χ1n) is 7.02. The summed E-state index contributed by atoms with van der Waals surface area (Å²) in [5.74, 6) is 0.139. The van der Waals surface area contributed by atoms with Gasteiger partial charge in [-0.1, -0.05) is 24.3 Å². The Morgan fingerprint density at radius 3 is 2.47 bits per heavy atom. The molecular formula is C15H20N2O2. The van der Waals surface area contributed by atoms with E-state index in [1.807, 2.05) is 4.90 Å². The van der Waals surface area contributed by atoms with Crippen LogP contribution in [0.4, 0.5) is 0 Å². The maximum absolute atomic E-state index is 12.4. The number of rotatable bonds is 1. The van der Waals surface area contributed by atoms with Crippen molar-refractivity contribution in [3.63, 3.8) is 0 Å². The van der Waals surface area contributed by atoms with Crippen LogP contribution in [0.1, 0.15) is 11.1 Å². The van der Waals surface area contributed by atoms with Gasteiger partial charge in [-0.05, 0) is 24.0 Å². The van der Waals surface area contributed by atoms with E-state index in [4.69, 9.17) is 4.74 Å². The summed E-state index contributed by atoms with van der Waals surface area (Å²) in [4.78, 5) is 14.4. The third-order valence-electron chi connectivity index (χ3n) is 3.94. The Balaban J connectivity index is 1.66. The number of morpholine rings is 1. The lowest BCUT2D eigenvalue weighted by Crippen LogP contribution is -2.50. The number of nitrogens with zero attached hydrogens (tertiary/aromatic N) is 1. The van der Waals surface area contributed by atoms with Crippen LogP contribution in [0.25, 0.3) is 0 Å². The quantitative estimate of drug-likeness (QED) is 0.804. The summed E-state index contributed by atoms with van der Waals surface area (Å²) in [5.41, 5.74) is 2.75. The fourth-order valence-corrected chi connectivity index (χ4v) is 2.82. The number of hydrogen-bond donors (Lipinski definition) is 1. The Morgan fingerprint density at radius 2 is 1.89 bits per heavy atom. The van der Waals surface area contributed by atoms with E-state index in [0.29, 0.717) is 13.2 Å². The highest BCUT2D eigenvalue weighted by Gasteiger charge is 2.27. The molecule has 1 aromatic rings. The molecule has 4 nitrogen and oxygen atoms in total. The van der Waals surface area contributed by atoms with Gasteiger partial charge in [-0.25, -0.2) is 0 Å². The van der Waals surface area contributed by atoms with E-state index >= 15 is 0 Å². The lowest BCUT2D eigenvalue weighted by Gasteiger charge is -2.28. The highest BCUT2D eigenvalue weighted by atomic mass is 16.5. The van der Waals surface area contributed by atoms with Gasteiger partial charge in [-0.2, -0.15) is 0 Å². The van der Waals surface area contributed by atoms with Crippen LogP contribution in [0, 0.1) is 0 Å². The summed E-state index contributed by atoms with van der Waals surface area (Å²) in [6.45, 7) is 3.72. The maximum Gasteiger partial charge on any atom is 0.253 e. The number of carbonyl (C=O) groups excluding carboxylic acids is 1. The molecule has 3 rings (SSSR count). The van der Waals surface area contributed by atoms with Crippen molar-refractivity contribution in [1.29, 1.82) is 0 Å². The monoisotopic (exact) mass is 260 g/mol. The SMILES string of the molecule is O=C(C1CNCCO1)N1CCc2ccccc2CC1. The van der Waals surface area contributed by atoms with E-state index in [0.717, 1.165) is 32.5 Å². The zero-order valence-corrected chi connectivity index (χ0v) is 11.1. The molecule has 2 aliphatic rings. The second kappa shape index (κ2) is 5.72. The van der Waals surface area contributed by atoms with Crippen molar-refractivity contribution in [3.8, 4) is 0 Å². The molecule has 2 heterocycles. The van der Waals surface area contributed by atoms with Crippen molar-refractivity contribution in [2.24, 2.45) is 0 Å². The van der Waals surface area contributed by atoms with Crippen LogP contribution in [-0.4, -0.2) is 49.7 Å². The fraction of sp³-hybridized carbons (Fsp3) is 0.533. The highest BCUT2D eigenvalue weighted by Crippen LogP contribution is 2.16. The number of benzene rings is 1. The first-order chi connectivity index (χ1) is 9.34. The van der Waals surface area contributed by atoms with Gasteiger partial charge in [-0.3, -0.25) is 4.79 Å². The molecule has 1 atom stereocenters. The van der Waals surface area contributed by atoms with Crippen LogP contribution in [0.2, 0.25) is 0 Å². The zero-order valence-electron chi connectivity index (χ0n) is 11.1. The molecule has 1 aromatic carbocycles. The van der Waals surface area contributed by atoms with Gasteiger partial charge in [-0.15, -0.1) is 0 Å². The minimum atomic E-state index is -0.296. The molecule has 0 radical (unpaired) electrons. The van der Waals surface area contributed by atoms with Crippen molar-refractivity contribution in [3.05, 3.63) is 35.4 Å². The molecule has 102 valence electrons. The number of carbonyl (C=O) groups is 1. The van der Waals surface area contributed by atoms with Gasteiger partial charge in [0.2, 0.25) is 0 Å². The third kappa shape index (κ3) is 2.80. The Kier molecular flexibility index (Phi) is 3.80. The number of fused-ring (bicyclic) bond motifs is 1. The smallest absolute Gasteiger partial charge is 0.253 e. The van der Waals surface area contributed by atoms with E-state index in [2.05, 4.69) is 29.6 Å². The summed E-state index contributed by atoms with van der Waals surface area (Å²) in [6.07, 6.45) is 1.60. The zero-order chi connectivity index (χ0) is 13.1. The molecule has 0 spiro atoms. The van der Waals surface area contributed by atoms with Crippen LogP contribution < -0.4 is 5.32 Å². The largest absolute Gasteiger partial charge is 0.366 e. The predicted molar refractivity (Wildman–Crippen MR) is 73.0 cm³/mol. The summed E-state index contributed by atoms with van der Waals surface area (Å²) >= 11 is 0. The molecule has 1 fully saturated rings. The van der Waals surface area contributed by atoms with Crippen LogP contribution in [-0.2, 0) is 22.4 Å². The van der Waals surface area contributed by atoms with Crippen molar-refractivity contribution >= 4 is 5.91 Å². The van der Waals surface area contributed by atoms with Gasteiger partial charge < -0.3 is 15.0 Å². The summed E-state index contributed by atoms with van der Waals surface area (Å²) < 4.78 is 5.56. The summed E-state index contributed by atoms with van der Waals surface area (Å²) in [6, 6.07) is 8.49. The average molecular weight is 260 g/mol. The van der Waals surface area contributed by atoms with E-state index in [-0.39, 0.29) is 12.0 Å². The average Bonchev–Trinajstić information content (AvgIpc) is 2.70. The van der Waals surface area contributed by atoms with E-state index in [1.54, 1.807) is 0 Å². The lowest BCUT2D eigenvalue weighted by atomic mass is 10.0. The molecule has 4 heteroatoms. The maximum atomic E-state index is 12.4. The van der Waals surface area contributed by atoms with Gasteiger partial charge in [0.15, 0.2) is 0 Å². The predicted octanol–water partition coefficient (Wildman–Crippen LogP) is 0.602. The number of ether oxygens (including phenoxy) is 1. The Labute approximate surface area is 113 Å². The molecule has 1 N–H and O–H groups in total. The minimum Gasteiger partial charge on any atom is -0.366 e. The first-order valence-corrected chi connectivity index (χ1v) is 7.02. The topological polar surface area (TPSA) is 41.6 Å². The fourth-order valence-electron chi connectivity index (χ4n) is 2.82. The Hall–Kier alpha value is -1.39. The number of amides is 1. The second-order valence-corrected chi connectivity index (χ2v) is 5.16. The van der Waals surface area contributed by atoms with E-state index in [9.17, 15) is 4.79 Å². The molecule has 0 bridgehead atoms. The van der Waals surface area contributed by atoms with Crippen molar-refractivity contribution < 1.29 is 9.53 Å². The summed E-state index contributed by atoms with van der Waals surface area (Å²) in [7, 11) is 0. The minimum absolute atomic E-state index is 0.139. The second-order valence-electron chi connectivity index (χ2n) is 5.16. The molecule has 0 aromatic heterocycles. The lowest BCUT2D eigenvalue weighted by molar-refractivity contribution is -0.145. The van der Waals surface area contributed by atoms with Gasteiger partial charge in [0.25, 0.3) is 5.91 Å². The van der Waals surface area contributed by atoms with Crippen molar-refractivity contribution in [2.75, 3.05) is 32.8 Å². The molecule has 1 saturated heterocycles. The third-order valence-corrected chi connectivity index (χ3v) is 3.94. The van der Waals surface area contributed by atoms with Gasteiger partial charge in [0.1, 0.15) is 6.10 Å². The van der Waals surface area contributed by atoms with E-state index < -0.39 is 0 Å². The van der Waals surface area contributed by atoms with Crippen LogP contribution >= 0.6 is 0 Å². The molecule has 1 amide bonds. The normalized spacial score (nSPS) is 23.6. The molecule has 19 heavy (non-hydrogen) atoms. The Bertz CT molecular complexity index is 428. The number of hydrogen-bond acceptors (Lipinski definition) is 3.